The van der Waals surface area contributed by atoms with E-state index in [2.05, 4.69) is 15.3 Å². The number of nitrogens with zero attached hydrogens (tertiary/aromatic N) is 5. The maximum absolute atomic E-state index is 13.0. The Labute approximate surface area is 136 Å². The van der Waals surface area contributed by atoms with Crippen LogP contribution in [0.1, 0.15) is 23.9 Å². The van der Waals surface area contributed by atoms with E-state index >= 15 is 0 Å². The van der Waals surface area contributed by atoms with Gasteiger partial charge in [-0.05, 0) is 37.1 Å². The van der Waals surface area contributed by atoms with E-state index in [9.17, 15) is 13.2 Å². The third kappa shape index (κ3) is 3.04. The van der Waals surface area contributed by atoms with E-state index in [0.717, 1.165) is 15.6 Å². The molecule has 24 heavy (non-hydrogen) atoms. The van der Waals surface area contributed by atoms with Crippen LogP contribution in [0.2, 0.25) is 0 Å². The van der Waals surface area contributed by atoms with Crippen LogP contribution >= 0.6 is 0 Å². The number of hydrogen-bond donors (Lipinski definition) is 0. The molecule has 3 aromatic rings. The number of aryl methyl sites for hydroxylation is 1. The summed E-state index contributed by atoms with van der Waals surface area (Å²) in [6.07, 6.45) is -4.60. The van der Waals surface area contributed by atoms with Crippen LogP contribution in [0, 0.1) is 6.92 Å². The Morgan fingerprint density at radius 1 is 1.08 bits per heavy atom. The quantitative estimate of drug-likeness (QED) is 0.732. The summed E-state index contributed by atoms with van der Waals surface area (Å²) in [5, 5.41) is 10.8. The molecule has 0 N–H and O–H groups in total. The van der Waals surface area contributed by atoms with Gasteiger partial charge in [-0.25, -0.2) is 0 Å². The van der Waals surface area contributed by atoms with Crippen LogP contribution in [0.25, 0.3) is 5.65 Å². The van der Waals surface area contributed by atoms with Gasteiger partial charge >= 0.3 is 6.18 Å². The fraction of sp³-hybridized carbons (Fsp3) is 0.312. The number of rotatable bonds is 4. The lowest BCUT2D eigenvalue weighted by atomic mass is 10.1. The van der Waals surface area contributed by atoms with Gasteiger partial charge in [-0.3, -0.25) is 0 Å². The van der Waals surface area contributed by atoms with Crippen LogP contribution in [0.5, 0.6) is 0 Å². The van der Waals surface area contributed by atoms with Crippen molar-refractivity contribution in [2.24, 2.45) is 0 Å². The highest BCUT2D eigenvalue weighted by Crippen LogP contribution is 2.28. The molecule has 126 valence electrons. The molecule has 0 aliphatic rings. The van der Waals surface area contributed by atoms with Gasteiger partial charge in [-0.1, -0.05) is 24.3 Å². The van der Waals surface area contributed by atoms with E-state index in [-0.39, 0.29) is 5.65 Å². The van der Waals surface area contributed by atoms with Crippen molar-refractivity contribution in [2.75, 3.05) is 11.4 Å². The molecule has 0 saturated carbocycles. The second-order valence-corrected chi connectivity index (χ2v) is 5.42. The van der Waals surface area contributed by atoms with Crippen molar-refractivity contribution in [1.29, 1.82) is 0 Å². The van der Waals surface area contributed by atoms with Crippen LogP contribution in [-0.2, 0) is 12.7 Å². The van der Waals surface area contributed by atoms with Crippen molar-refractivity contribution >= 4 is 11.5 Å². The van der Waals surface area contributed by atoms with Gasteiger partial charge in [0.2, 0.25) is 0 Å². The van der Waals surface area contributed by atoms with Gasteiger partial charge in [0, 0.05) is 13.1 Å². The first-order valence-corrected chi connectivity index (χ1v) is 7.49. The molecule has 0 amide bonds. The predicted molar refractivity (Wildman–Crippen MR) is 83.7 cm³/mol. The van der Waals surface area contributed by atoms with Gasteiger partial charge in [-0.15, -0.1) is 15.3 Å². The summed E-state index contributed by atoms with van der Waals surface area (Å²) in [6, 6.07) is 11.0. The van der Waals surface area contributed by atoms with Crippen molar-refractivity contribution in [3.05, 3.63) is 53.3 Å². The van der Waals surface area contributed by atoms with Crippen molar-refractivity contribution in [3.63, 3.8) is 0 Å². The third-order valence-electron chi connectivity index (χ3n) is 3.83. The van der Waals surface area contributed by atoms with E-state index in [1.807, 2.05) is 43.0 Å². The van der Waals surface area contributed by atoms with E-state index in [1.165, 1.54) is 6.07 Å². The van der Waals surface area contributed by atoms with Crippen LogP contribution in [-0.4, -0.2) is 26.4 Å². The van der Waals surface area contributed by atoms with Gasteiger partial charge in [0.05, 0.1) is 0 Å². The van der Waals surface area contributed by atoms with E-state index in [1.54, 1.807) is 6.07 Å². The standard InChI is InChI=1S/C16H16F3N5/c1-3-23(10-12-7-5-4-6-11(12)2)14-9-8-13-20-21-15(16(17,18)19)24(13)22-14/h4-9H,3,10H2,1-2H3. The zero-order chi connectivity index (χ0) is 17.3. The van der Waals surface area contributed by atoms with E-state index in [0.29, 0.717) is 18.9 Å². The third-order valence-corrected chi connectivity index (χ3v) is 3.83. The number of anilines is 1. The number of fused-ring (bicyclic) bond motifs is 1. The second kappa shape index (κ2) is 6.10. The van der Waals surface area contributed by atoms with Crippen LogP contribution in [0.3, 0.4) is 0 Å². The Morgan fingerprint density at radius 2 is 1.83 bits per heavy atom. The lowest BCUT2D eigenvalue weighted by molar-refractivity contribution is -0.146. The fourth-order valence-corrected chi connectivity index (χ4v) is 2.47. The first-order valence-electron chi connectivity index (χ1n) is 7.49. The minimum absolute atomic E-state index is 0.0676. The van der Waals surface area contributed by atoms with Gasteiger partial charge in [0.15, 0.2) is 5.65 Å². The molecule has 3 rings (SSSR count). The van der Waals surface area contributed by atoms with Crippen LogP contribution in [0.15, 0.2) is 36.4 Å². The van der Waals surface area contributed by atoms with Crippen molar-refractivity contribution in [2.45, 2.75) is 26.6 Å². The Bertz CT molecular complexity index is 856. The molecule has 0 fully saturated rings. The molecule has 0 aliphatic carbocycles. The Morgan fingerprint density at radius 3 is 2.50 bits per heavy atom. The van der Waals surface area contributed by atoms with Gasteiger partial charge in [-0.2, -0.15) is 17.7 Å². The molecule has 5 nitrogen and oxygen atoms in total. The topological polar surface area (TPSA) is 46.3 Å². The molecule has 1 aromatic carbocycles. The van der Waals surface area contributed by atoms with Gasteiger partial charge in [0.25, 0.3) is 5.82 Å². The molecule has 0 bridgehead atoms. The Kier molecular flexibility index (Phi) is 4.13. The molecule has 0 unspecified atom stereocenters. The molecular formula is C16H16F3N5. The Balaban J connectivity index is 1.99. The highest BCUT2D eigenvalue weighted by molar-refractivity contribution is 5.46. The first kappa shape index (κ1) is 16.2. The summed E-state index contributed by atoms with van der Waals surface area (Å²) < 4.78 is 39.7. The SMILES string of the molecule is CCN(Cc1ccccc1C)c1ccc2nnc(C(F)(F)F)n2n1. The average Bonchev–Trinajstić information content (AvgIpc) is 2.97. The van der Waals surface area contributed by atoms with Gasteiger partial charge < -0.3 is 4.90 Å². The van der Waals surface area contributed by atoms with Crippen LogP contribution < -0.4 is 4.90 Å². The summed E-state index contributed by atoms with van der Waals surface area (Å²) in [6.45, 7) is 5.10. The molecule has 0 aliphatic heterocycles. The number of halogens is 3. The molecule has 0 spiro atoms. The minimum atomic E-state index is -4.60. The number of hydrogen-bond acceptors (Lipinski definition) is 4. The largest absolute Gasteiger partial charge is 0.453 e. The number of aromatic nitrogens is 4. The van der Waals surface area contributed by atoms with E-state index < -0.39 is 12.0 Å². The summed E-state index contributed by atoms with van der Waals surface area (Å²) >= 11 is 0. The summed E-state index contributed by atoms with van der Waals surface area (Å²) in [5.74, 6) is -0.676. The maximum Gasteiger partial charge on any atom is 0.453 e. The van der Waals surface area contributed by atoms with Crippen molar-refractivity contribution in [1.82, 2.24) is 19.8 Å². The smallest absolute Gasteiger partial charge is 0.351 e. The second-order valence-electron chi connectivity index (χ2n) is 5.42. The molecular weight excluding hydrogens is 319 g/mol. The molecule has 8 heteroatoms. The molecule has 0 radical (unpaired) electrons. The Hall–Kier alpha value is -2.64. The molecule has 0 atom stereocenters. The molecule has 0 saturated heterocycles. The maximum atomic E-state index is 13.0. The lowest BCUT2D eigenvalue weighted by Crippen LogP contribution is -2.24. The lowest BCUT2D eigenvalue weighted by Gasteiger charge is -2.23. The highest BCUT2D eigenvalue weighted by Gasteiger charge is 2.37. The number of alkyl halides is 3. The van der Waals surface area contributed by atoms with Crippen molar-refractivity contribution in [3.8, 4) is 0 Å². The zero-order valence-corrected chi connectivity index (χ0v) is 13.2. The summed E-state index contributed by atoms with van der Waals surface area (Å²) in [5.41, 5.74) is 2.29. The zero-order valence-electron chi connectivity index (χ0n) is 13.2. The average molecular weight is 335 g/mol. The predicted octanol–water partition coefficient (Wildman–Crippen LogP) is 3.48. The summed E-state index contributed by atoms with van der Waals surface area (Å²) in [4.78, 5) is 1.90. The molecule has 2 aromatic heterocycles. The minimum Gasteiger partial charge on any atom is -0.351 e. The monoisotopic (exact) mass is 335 g/mol. The number of benzene rings is 1. The molecule has 2 heterocycles. The first-order chi connectivity index (χ1) is 11.4. The van der Waals surface area contributed by atoms with E-state index in [4.69, 9.17) is 0 Å². The highest BCUT2D eigenvalue weighted by atomic mass is 19.4. The fourth-order valence-electron chi connectivity index (χ4n) is 2.47. The van der Waals surface area contributed by atoms with Crippen molar-refractivity contribution < 1.29 is 13.2 Å². The van der Waals surface area contributed by atoms with Gasteiger partial charge in [0.1, 0.15) is 5.82 Å². The van der Waals surface area contributed by atoms with Crippen LogP contribution in [0.4, 0.5) is 19.0 Å². The summed E-state index contributed by atoms with van der Waals surface area (Å²) in [7, 11) is 0. The normalized spacial score (nSPS) is 11.9.